The fourth-order valence-electron chi connectivity index (χ4n) is 2.74. The van der Waals surface area contributed by atoms with Gasteiger partial charge in [-0.2, -0.15) is 0 Å². The van der Waals surface area contributed by atoms with Crippen LogP contribution in [0.1, 0.15) is 64.0 Å². The van der Waals surface area contributed by atoms with Crippen molar-refractivity contribution in [3.05, 3.63) is 11.6 Å². The molecule has 0 spiro atoms. The normalized spacial score (nSPS) is 14.7. The van der Waals surface area contributed by atoms with E-state index in [0.29, 0.717) is 6.54 Å². The van der Waals surface area contributed by atoms with E-state index in [2.05, 4.69) is 44.2 Å². The zero-order chi connectivity index (χ0) is 15.6. The van der Waals surface area contributed by atoms with Crippen LogP contribution in [0.3, 0.4) is 0 Å². The molecular weight excluding hydrogens is 276 g/mol. The molecule has 1 aromatic rings. The third kappa shape index (κ3) is 5.00. The topological polar surface area (TPSA) is 67.1 Å². The van der Waals surface area contributed by atoms with Crippen molar-refractivity contribution in [1.82, 2.24) is 25.4 Å². The van der Waals surface area contributed by atoms with Gasteiger partial charge in [0.25, 0.3) is 0 Å². The van der Waals surface area contributed by atoms with Gasteiger partial charge in [-0.3, -0.25) is 0 Å². The van der Waals surface area contributed by atoms with Gasteiger partial charge in [0.1, 0.15) is 12.4 Å². The van der Waals surface area contributed by atoms with E-state index in [1.807, 2.05) is 0 Å². The minimum Gasteiger partial charge on any atom is -0.357 e. The molecule has 0 bridgehead atoms. The van der Waals surface area contributed by atoms with Gasteiger partial charge in [-0.15, -0.1) is 10.2 Å². The third-order valence-corrected chi connectivity index (χ3v) is 3.98. The summed E-state index contributed by atoms with van der Waals surface area (Å²) in [7, 11) is 0. The van der Waals surface area contributed by atoms with Crippen molar-refractivity contribution in [1.29, 1.82) is 0 Å². The van der Waals surface area contributed by atoms with Crippen molar-refractivity contribution in [2.24, 2.45) is 4.99 Å². The summed E-state index contributed by atoms with van der Waals surface area (Å²) in [5, 5.41) is 15.3. The Kier molecular flexibility index (Phi) is 7.19. The average Bonchev–Trinajstić information content (AvgIpc) is 2.95. The predicted octanol–water partition coefficient (Wildman–Crippen LogP) is 2.25. The van der Waals surface area contributed by atoms with Gasteiger partial charge in [0.15, 0.2) is 11.8 Å². The van der Waals surface area contributed by atoms with Crippen LogP contribution in [0.25, 0.3) is 0 Å². The van der Waals surface area contributed by atoms with Gasteiger partial charge >= 0.3 is 0 Å². The SMILES string of the molecule is CCCCCCNC(=NCc1nnc2n1CCCC2)NCC. The Hall–Kier alpha value is -1.59. The van der Waals surface area contributed by atoms with Crippen molar-refractivity contribution in [3.8, 4) is 0 Å². The first-order valence-electron chi connectivity index (χ1n) is 8.78. The summed E-state index contributed by atoms with van der Waals surface area (Å²) in [6.07, 6.45) is 8.54. The fraction of sp³-hybridized carbons (Fsp3) is 0.812. The largest absolute Gasteiger partial charge is 0.357 e. The Morgan fingerprint density at radius 1 is 1.14 bits per heavy atom. The fourth-order valence-corrected chi connectivity index (χ4v) is 2.74. The highest BCUT2D eigenvalue weighted by atomic mass is 15.3. The molecule has 0 amide bonds. The molecule has 0 fully saturated rings. The summed E-state index contributed by atoms with van der Waals surface area (Å²) >= 11 is 0. The lowest BCUT2D eigenvalue weighted by Crippen LogP contribution is -2.37. The molecule has 6 heteroatoms. The van der Waals surface area contributed by atoms with Crippen molar-refractivity contribution in [3.63, 3.8) is 0 Å². The first kappa shape index (κ1) is 16.8. The average molecular weight is 306 g/mol. The third-order valence-electron chi connectivity index (χ3n) is 3.98. The van der Waals surface area contributed by atoms with Crippen molar-refractivity contribution >= 4 is 5.96 Å². The molecule has 1 aromatic heterocycles. The molecule has 2 heterocycles. The molecule has 0 saturated carbocycles. The first-order valence-corrected chi connectivity index (χ1v) is 8.78. The molecule has 22 heavy (non-hydrogen) atoms. The van der Waals surface area contributed by atoms with Gasteiger partial charge in [-0.05, 0) is 26.2 Å². The van der Waals surface area contributed by atoms with Gasteiger partial charge in [0.05, 0.1) is 0 Å². The molecule has 6 nitrogen and oxygen atoms in total. The van der Waals surface area contributed by atoms with Crippen LogP contribution in [0, 0.1) is 0 Å². The van der Waals surface area contributed by atoms with Crippen molar-refractivity contribution in [2.45, 2.75) is 71.9 Å². The predicted molar refractivity (Wildman–Crippen MR) is 89.9 cm³/mol. The van der Waals surface area contributed by atoms with Crippen LogP contribution in [0.2, 0.25) is 0 Å². The summed E-state index contributed by atoms with van der Waals surface area (Å²) in [6, 6.07) is 0. The van der Waals surface area contributed by atoms with E-state index >= 15 is 0 Å². The van der Waals surface area contributed by atoms with E-state index in [1.54, 1.807) is 0 Å². The van der Waals surface area contributed by atoms with E-state index in [9.17, 15) is 0 Å². The second-order valence-corrected chi connectivity index (χ2v) is 5.82. The Balaban J connectivity index is 1.85. The summed E-state index contributed by atoms with van der Waals surface area (Å²) in [6.45, 7) is 7.80. The zero-order valence-electron chi connectivity index (χ0n) is 14.1. The van der Waals surface area contributed by atoms with Gasteiger partial charge in [-0.1, -0.05) is 26.2 Å². The molecule has 124 valence electrons. The number of aryl methyl sites for hydroxylation is 1. The lowest BCUT2D eigenvalue weighted by Gasteiger charge is -2.14. The highest BCUT2D eigenvalue weighted by Gasteiger charge is 2.15. The van der Waals surface area contributed by atoms with Crippen molar-refractivity contribution < 1.29 is 0 Å². The lowest BCUT2D eigenvalue weighted by atomic mass is 10.2. The second kappa shape index (κ2) is 9.43. The maximum atomic E-state index is 4.65. The minimum absolute atomic E-state index is 0.595. The van der Waals surface area contributed by atoms with Crippen molar-refractivity contribution in [2.75, 3.05) is 13.1 Å². The quantitative estimate of drug-likeness (QED) is 0.439. The number of rotatable bonds is 8. The monoisotopic (exact) mass is 306 g/mol. The van der Waals surface area contributed by atoms with Crippen LogP contribution in [0.5, 0.6) is 0 Å². The number of hydrogen-bond donors (Lipinski definition) is 2. The van der Waals surface area contributed by atoms with Gasteiger partial charge in [0, 0.05) is 26.1 Å². The number of aliphatic imine (C=N–C) groups is 1. The summed E-state index contributed by atoms with van der Waals surface area (Å²) in [5.74, 6) is 2.99. The Morgan fingerprint density at radius 3 is 2.86 bits per heavy atom. The Bertz CT molecular complexity index is 465. The molecule has 0 saturated heterocycles. The smallest absolute Gasteiger partial charge is 0.191 e. The van der Waals surface area contributed by atoms with Crippen LogP contribution in [0.15, 0.2) is 4.99 Å². The molecule has 0 radical (unpaired) electrons. The standard InChI is InChI=1S/C16H30N6/c1-3-5-6-8-11-18-16(17-4-2)19-13-15-21-20-14-10-7-9-12-22(14)15/h3-13H2,1-2H3,(H2,17,18,19). The molecule has 1 aliphatic heterocycles. The Labute approximate surface area is 133 Å². The molecule has 0 aromatic carbocycles. The first-order chi connectivity index (χ1) is 10.8. The van der Waals surface area contributed by atoms with Gasteiger partial charge in [-0.25, -0.2) is 4.99 Å². The van der Waals surface area contributed by atoms with Gasteiger partial charge in [0.2, 0.25) is 0 Å². The van der Waals surface area contributed by atoms with E-state index in [4.69, 9.17) is 0 Å². The van der Waals surface area contributed by atoms with Crippen LogP contribution >= 0.6 is 0 Å². The maximum Gasteiger partial charge on any atom is 0.191 e. The lowest BCUT2D eigenvalue weighted by molar-refractivity contribution is 0.508. The summed E-state index contributed by atoms with van der Waals surface area (Å²) in [5.41, 5.74) is 0. The number of nitrogens with one attached hydrogen (secondary N) is 2. The second-order valence-electron chi connectivity index (χ2n) is 5.82. The number of hydrogen-bond acceptors (Lipinski definition) is 3. The molecular formula is C16H30N6. The zero-order valence-corrected chi connectivity index (χ0v) is 14.1. The molecule has 1 aliphatic rings. The van der Waals surface area contributed by atoms with Crippen LogP contribution in [-0.2, 0) is 19.5 Å². The number of aromatic nitrogens is 3. The van der Waals surface area contributed by atoms with E-state index in [0.717, 1.165) is 43.7 Å². The maximum absolute atomic E-state index is 4.65. The summed E-state index contributed by atoms with van der Waals surface area (Å²) < 4.78 is 2.23. The van der Waals surface area contributed by atoms with Crippen LogP contribution < -0.4 is 10.6 Å². The van der Waals surface area contributed by atoms with Crippen LogP contribution in [0.4, 0.5) is 0 Å². The molecule has 2 N–H and O–H groups in total. The number of unbranched alkanes of at least 4 members (excludes halogenated alkanes) is 3. The highest BCUT2D eigenvalue weighted by Crippen LogP contribution is 2.14. The molecule has 2 rings (SSSR count). The summed E-state index contributed by atoms with van der Waals surface area (Å²) in [4.78, 5) is 4.65. The number of guanidine groups is 1. The van der Waals surface area contributed by atoms with E-state index < -0.39 is 0 Å². The Morgan fingerprint density at radius 2 is 2.05 bits per heavy atom. The molecule has 0 atom stereocenters. The molecule has 0 aliphatic carbocycles. The molecule has 0 unspecified atom stereocenters. The minimum atomic E-state index is 0.595. The van der Waals surface area contributed by atoms with Gasteiger partial charge < -0.3 is 15.2 Å². The van der Waals surface area contributed by atoms with E-state index in [1.165, 1.54) is 38.5 Å². The van der Waals surface area contributed by atoms with E-state index in [-0.39, 0.29) is 0 Å². The highest BCUT2D eigenvalue weighted by molar-refractivity contribution is 5.79. The number of fused-ring (bicyclic) bond motifs is 1. The van der Waals surface area contributed by atoms with Crippen LogP contribution in [-0.4, -0.2) is 33.8 Å². The number of nitrogens with zero attached hydrogens (tertiary/aromatic N) is 4.